The van der Waals surface area contributed by atoms with Gasteiger partial charge in [-0.2, -0.15) is 0 Å². The molecule has 22 heavy (non-hydrogen) atoms. The van der Waals surface area contributed by atoms with Gasteiger partial charge in [-0.05, 0) is 43.9 Å². The molecule has 0 unspecified atom stereocenters. The Bertz CT molecular complexity index is 528. The van der Waals surface area contributed by atoms with Crippen LogP contribution in [0.25, 0.3) is 0 Å². The van der Waals surface area contributed by atoms with Crippen molar-refractivity contribution in [2.24, 2.45) is 5.92 Å². The van der Waals surface area contributed by atoms with Crippen LogP contribution in [0.3, 0.4) is 0 Å². The van der Waals surface area contributed by atoms with Gasteiger partial charge in [-0.3, -0.25) is 9.59 Å². The van der Waals surface area contributed by atoms with E-state index in [-0.39, 0.29) is 5.91 Å². The summed E-state index contributed by atoms with van der Waals surface area (Å²) in [6, 6.07) is 7.07. The number of anilines is 1. The highest BCUT2D eigenvalue weighted by molar-refractivity contribution is 5.90. The first-order valence-electron chi connectivity index (χ1n) is 8.03. The molecule has 0 radical (unpaired) electrons. The Labute approximate surface area is 131 Å². The molecule has 2 N–H and O–H groups in total. The molecule has 1 saturated carbocycles. The Morgan fingerprint density at radius 3 is 2.32 bits per heavy atom. The van der Waals surface area contributed by atoms with Crippen molar-refractivity contribution in [3.8, 4) is 0 Å². The van der Waals surface area contributed by atoms with Gasteiger partial charge in [-0.1, -0.05) is 37.8 Å². The lowest BCUT2D eigenvalue weighted by Crippen LogP contribution is -2.28. The van der Waals surface area contributed by atoms with E-state index in [0.29, 0.717) is 12.3 Å². The van der Waals surface area contributed by atoms with E-state index in [2.05, 4.69) is 5.32 Å². The zero-order valence-corrected chi connectivity index (χ0v) is 13.4. The monoisotopic (exact) mass is 303 g/mol. The molecule has 1 aromatic carbocycles. The molecule has 0 saturated heterocycles. The third-order valence-electron chi connectivity index (χ3n) is 4.68. The van der Waals surface area contributed by atoms with Gasteiger partial charge < -0.3 is 10.4 Å². The van der Waals surface area contributed by atoms with Crippen molar-refractivity contribution in [1.82, 2.24) is 0 Å². The van der Waals surface area contributed by atoms with Gasteiger partial charge in [-0.25, -0.2) is 0 Å². The maximum Gasteiger partial charge on any atom is 0.313 e. The van der Waals surface area contributed by atoms with Crippen molar-refractivity contribution in [1.29, 1.82) is 0 Å². The van der Waals surface area contributed by atoms with Crippen LogP contribution in [0, 0.1) is 5.92 Å². The highest BCUT2D eigenvalue weighted by Gasteiger charge is 2.29. The van der Waals surface area contributed by atoms with E-state index < -0.39 is 11.4 Å². The highest BCUT2D eigenvalue weighted by atomic mass is 16.4. The van der Waals surface area contributed by atoms with Gasteiger partial charge in [0.15, 0.2) is 0 Å². The van der Waals surface area contributed by atoms with Gasteiger partial charge in [0.05, 0.1) is 5.41 Å². The first-order valence-corrected chi connectivity index (χ1v) is 8.03. The Morgan fingerprint density at radius 2 is 1.77 bits per heavy atom. The summed E-state index contributed by atoms with van der Waals surface area (Å²) < 4.78 is 0. The molecule has 2 rings (SSSR count). The van der Waals surface area contributed by atoms with Crippen molar-refractivity contribution in [3.63, 3.8) is 0 Å². The number of benzene rings is 1. The smallest absolute Gasteiger partial charge is 0.313 e. The van der Waals surface area contributed by atoms with Crippen molar-refractivity contribution in [3.05, 3.63) is 29.8 Å². The van der Waals surface area contributed by atoms with Crippen molar-refractivity contribution >= 4 is 17.6 Å². The quantitative estimate of drug-likeness (QED) is 0.836. The number of hydrogen-bond donors (Lipinski definition) is 2. The van der Waals surface area contributed by atoms with Gasteiger partial charge in [0.25, 0.3) is 0 Å². The third kappa shape index (κ3) is 4.09. The van der Waals surface area contributed by atoms with E-state index >= 15 is 0 Å². The van der Waals surface area contributed by atoms with E-state index in [9.17, 15) is 14.7 Å². The summed E-state index contributed by atoms with van der Waals surface area (Å²) in [5.74, 6) is -0.109. The van der Waals surface area contributed by atoms with Crippen LogP contribution in [0.5, 0.6) is 0 Å². The average molecular weight is 303 g/mol. The molecule has 1 aromatic rings. The summed E-state index contributed by atoms with van der Waals surface area (Å²) in [6.07, 6.45) is 6.64. The van der Waals surface area contributed by atoms with E-state index in [0.717, 1.165) is 17.7 Å². The van der Waals surface area contributed by atoms with Gasteiger partial charge in [-0.15, -0.1) is 0 Å². The number of rotatable bonds is 6. The second-order valence-electron chi connectivity index (χ2n) is 6.74. The SMILES string of the molecule is CC(C)(C(=O)O)c1ccc(NC(=O)CCC2CCCC2)cc1. The van der Waals surface area contributed by atoms with Crippen LogP contribution >= 0.6 is 0 Å². The average Bonchev–Trinajstić information content (AvgIpc) is 2.99. The summed E-state index contributed by atoms with van der Waals surface area (Å²) in [6.45, 7) is 3.34. The fourth-order valence-electron chi connectivity index (χ4n) is 2.95. The second kappa shape index (κ2) is 6.95. The minimum atomic E-state index is -0.926. The van der Waals surface area contributed by atoms with Crippen LogP contribution in [-0.2, 0) is 15.0 Å². The van der Waals surface area contributed by atoms with Gasteiger partial charge in [0.1, 0.15) is 0 Å². The number of hydrogen-bond acceptors (Lipinski definition) is 2. The predicted molar refractivity (Wildman–Crippen MR) is 86.9 cm³/mol. The molecule has 4 heteroatoms. The number of carbonyl (C=O) groups is 2. The summed E-state index contributed by atoms with van der Waals surface area (Å²) in [7, 11) is 0. The van der Waals surface area contributed by atoms with Crippen LogP contribution in [0.4, 0.5) is 5.69 Å². The number of carboxylic acids is 1. The lowest BCUT2D eigenvalue weighted by molar-refractivity contribution is -0.142. The molecule has 120 valence electrons. The molecule has 0 aromatic heterocycles. The Kier molecular flexibility index (Phi) is 5.22. The number of amides is 1. The summed E-state index contributed by atoms with van der Waals surface area (Å²) in [5, 5.41) is 12.1. The molecule has 0 bridgehead atoms. The first kappa shape index (κ1) is 16.5. The van der Waals surface area contributed by atoms with E-state index in [4.69, 9.17) is 0 Å². The van der Waals surface area contributed by atoms with Crippen molar-refractivity contribution < 1.29 is 14.7 Å². The number of carbonyl (C=O) groups excluding carboxylic acids is 1. The van der Waals surface area contributed by atoms with Crippen LogP contribution < -0.4 is 5.32 Å². The van der Waals surface area contributed by atoms with E-state index in [1.54, 1.807) is 38.1 Å². The maximum absolute atomic E-state index is 12.0. The largest absolute Gasteiger partial charge is 0.481 e. The minimum Gasteiger partial charge on any atom is -0.481 e. The van der Waals surface area contributed by atoms with Crippen LogP contribution in [0.2, 0.25) is 0 Å². The fourth-order valence-corrected chi connectivity index (χ4v) is 2.95. The molecular weight excluding hydrogens is 278 g/mol. The molecular formula is C18H25NO3. The Morgan fingerprint density at radius 1 is 1.18 bits per heavy atom. The molecule has 0 aliphatic heterocycles. The Hall–Kier alpha value is -1.84. The summed E-state index contributed by atoms with van der Waals surface area (Å²) >= 11 is 0. The molecule has 1 fully saturated rings. The third-order valence-corrected chi connectivity index (χ3v) is 4.68. The standard InChI is InChI=1S/C18H25NO3/c1-18(2,17(21)22)14-8-10-15(11-9-14)19-16(20)12-7-13-5-3-4-6-13/h8-11,13H,3-7,12H2,1-2H3,(H,19,20)(H,21,22). The molecule has 0 spiro atoms. The molecule has 4 nitrogen and oxygen atoms in total. The molecule has 0 atom stereocenters. The first-order chi connectivity index (χ1) is 10.4. The molecule has 1 aliphatic rings. The maximum atomic E-state index is 12.0. The van der Waals surface area contributed by atoms with Crippen LogP contribution in [0.1, 0.15) is 57.9 Å². The van der Waals surface area contributed by atoms with E-state index in [1.807, 2.05) is 0 Å². The minimum absolute atomic E-state index is 0.0390. The Balaban J connectivity index is 1.87. The van der Waals surface area contributed by atoms with Gasteiger partial charge in [0, 0.05) is 12.1 Å². The van der Waals surface area contributed by atoms with Crippen molar-refractivity contribution in [2.45, 2.75) is 57.8 Å². The summed E-state index contributed by atoms with van der Waals surface area (Å²) in [5.41, 5.74) is 0.524. The number of nitrogens with one attached hydrogen (secondary N) is 1. The molecule has 0 heterocycles. The van der Waals surface area contributed by atoms with Crippen LogP contribution in [-0.4, -0.2) is 17.0 Å². The lowest BCUT2D eigenvalue weighted by Gasteiger charge is -2.20. The second-order valence-corrected chi connectivity index (χ2v) is 6.74. The topological polar surface area (TPSA) is 66.4 Å². The van der Waals surface area contributed by atoms with Crippen LogP contribution in [0.15, 0.2) is 24.3 Å². The number of aliphatic carboxylic acids is 1. The molecule has 1 aliphatic carbocycles. The fraction of sp³-hybridized carbons (Fsp3) is 0.556. The zero-order valence-electron chi connectivity index (χ0n) is 13.4. The van der Waals surface area contributed by atoms with Crippen molar-refractivity contribution in [2.75, 3.05) is 5.32 Å². The van der Waals surface area contributed by atoms with Gasteiger partial charge >= 0.3 is 5.97 Å². The van der Waals surface area contributed by atoms with Gasteiger partial charge in [0.2, 0.25) is 5.91 Å². The zero-order chi connectivity index (χ0) is 16.2. The summed E-state index contributed by atoms with van der Waals surface area (Å²) in [4.78, 5) is 23.2. The predicted octanol–water partition coefficient (Wildman–Crippen LogP) is 3.96. The normalized spacial score (nSPS) is 15.7. The number of carboxylic acid groups (broad SMARTS) is 1. The van der Waals surface area contributed by atoms with E-state index in [1.165, 1.54) is 25.7 Å². The lowest BCUT2D eigenvalue weighted by atomic mass is 9.85. The molecule has 1 amide bonds. The highest BCUT2D eigenvalue weighted by Crippen LogP contribution is 2.29.